The summed E-state index contributed by atoms with van der Waals surface area (Å²) in [5.74, 6) is -0.177. The normalized spacial score (nSPS) is 21.1. The van der Waals surface area contributed by atoms with Gasteiger partial charge >= 0.3 is 0 Å². The molecule has 0 spiro atoms. The number of nitrogens with one attached hydrogen (secondary N) is 2. The summed E-state index contributed by atoms with van der Waals surface area (Å²) in [7, 11) is 0. The number of aryl methyl sites for hydroxylation is 2. The Kier molecular flexibility index (Phi) is 4.93. The standard InChI is InChI=1S/C22H23FN4OS/c23-15-4-1-3-14(11-15)16-6-8-24-13-18(16)26-22(28)21-12-17-19-7-9-25-27(19)10-2-5-20(17)29-21/h1,3-4,7,9,11-12,16,18,24H,2,5-6,8,10,13H2,(H,26,28)/t16-,18+/m0/s1. The third kappa shape index (κ3) is 3.60. The van der Waals surface area contributed by atoms with Crippen molar-refractivity contribution in [1.82, 2.24) is 20.4 Å². The van der Waals surface area contributed by atoms with Gasteiger partial charge in [0.15, 0.2) is 0 Å². The van der Waals surface area contributed by atoms with Gasteiger partial charge in [0, 0.05) is 41.7 Å². The van der Waals surface area contributed by atoms with Crippen LogP contribution in [0.1, 0.15) is 38.9 Å². The monoisotopic (exact) mass is 410 g/mol. The average Bonchev–Trinajstić information content (AvgIpc) is 3.32. The van der Waals surface area contributed by atoms with Crippen LogP contribution in [-0.2, 0) is 13.0 Å². The molecule has 7 heteroatoms. The summed E-state index contributed by atoms with van der Waals surface area (Å²) in [5, 5.41) is 11.0. The zero-order chi connectivity index (χ0) is 19.8. The fourth-order valence-electron chi connectivity index (χ4n) is 4.46. The lowest BCUT2D eigenvalue weighted by Crippen LogP contribution is -2.49. The first-order chi connectivity index (χ1) is 14.2. The van der Waals surface area contributed by atoms with E-state index in [9.17, 15) is 9.18 Å². The Morgan fingerprint density at radius 3 is 3.14 bits per heavy atom. The summed E-state index contributed by atoms with van der Waals surface area (Å²) >= 11 is 1.58. The summed E-state index contributed by atoms with van der Waals surface area (Å²) < 4.78 is 15.7. The first-order valence-corrected chi connectivity index (χ1v) is 10.9. The van der Waals surface area contributed by atoms with Crippen LogP contribution in [0.25, 0.3) is 11.3 Å². The van der Waals surface area contributed by atoms with E-state index in [0.29, 0.717) is 6.54 Å². The van der Waals surface area contributed by atoms with Crippen molar-refractivity contribution in [2.24, 2.45) is 0 Å². The molecule has 1 amide bonds. The van der Waals surface area contributed by atoms with Gasteiger partial charge < -0.3 is 10.6 Å². The van der Waals surface area contributed by atoms with E-state index in [1.165, 1.54) is 10.9 Å². The lowest BCUT2D eigenvalue weighted by Gasteiger charge is -2.33. The number of benzene rings is 1. The average molecular weight is 411 g/mol. The number of carbonyl (C=O) groups excluding carboxylic acids is 1. The summed E-state index contributed by atoms with van der Waals surface area (Å²) in [4.78, 5) is 15.1. The van der Waals surface area contributed by atoms with Crippen LogP contribution in [0.5, 0.6) is 0 Å². The van der Waals surface area contributed by atoms with Crippen LogP contribution in [0.3, 0.4) is 0 Å². The molecule has 5 rings (SSSR count). The molecule has 2 aliphatic rings. The summed E-state index contributed by atoms with van der Waals surface area (Å²) in [6.45, 7) is 2.46. The molecule has 1 aromatic carbocycles. The Bertz CT molecular complexity index is 1040. The molecular weight excluding hydrogens is 387 g/mol. The van der Waals surface area contributed by atoms with E-state index in [1.54, 1.807) is 23.5 Å². The summed E-state index contributed by atoms with van der Waals surface area (Å²) in [5.41, 5.74) is 3.16. The third-order valence-electron chi connectivity index (χ3n) is 5.87. The molecule has 1 fully saturated rings. The molecular formula is C22H23FN4OS. The van der Waals surface area contributed by atoms with Crippen LogP contribution in [0.15, 0.2) is 42.6 Å². The number of amides is 1. The highest BCUT2D eigenvalue weighted by Crippen LogP contribution is 2.35. The van der Waals surface area contributed by atoms with Gasteiger partial charge in [-0.3, -0.25) is 9.48 Å². The highest BCUT2D eigenvalue weighted by atomic mass is 32.1. The van der Waals surface area contributed by atoms with Crippen LogP contribution in [0.2, 0.25) is 0 Å². The second kappa shape index (κ2) is 7.72. The fraction of sp³-hybridized carbons (Fsp3) is 0.364. The molecule has 150 valence electrons. The smallest absolute Gasteiger partial charge is 0.261 e. The molecule has 2 aromatic heterocycles. The quantitative estimate of drug-likeness (QED) is 0.694. The lowest BCUT2D eigenvalue weighted by atomic mass is 9.86. The van der Waals surface area contributed by atoms with Gasteiger partial charge in [0.1, 0.15) is 5.82 Å². The van der Waals surface area contributed by atoms with E-state index in [1.807, 2.05) is 29.1 Å². The van der Waals surface area contributed by atoms with Crippen molar-refractivity contribution < 1.29 is 9.18 Å². The van der Waals surface area contributed by atoms with Crippen molar-refractivity contribution in [2.75, 3.05) is 13.1 Å². The number of halogens is 1. The number of hydrogen-bond donors (Lipinski definition) is 2. The minimum Gasteiger partial charge on any atom is -0.347 e. The molecule has 4 heterocycles. The maximum absolute atomic E-state index is 13.7. The van der Waals surface area contributed by atoms with Crippen LogP contribution in [0.4, 0.5) is 4.39 Å². The largest absolute Gasteiger partial charge is 0.347 e. The molecule has 2 atom stereocenters. The third-order valence-corrected chi connectivity index (χ3v) is 7.07. The van der Waals surface area contributed by atoms with Gasteiger partial charge in [-0.15, -0.1) is 11.3 Å². The lowest BCUT2D eigenvalue weighted by molar-refractivity contribution is 0.0928. The van der Waals surface area contributed by atoms with Crippen molar-refractivity contribution in [3.05, 3.63) is 63.7 Å². The predicted octanol–water partition coefficient (Wildman–Crippen LogP) is 3.57. The summed E-state index contributed by atoms with van der Waals surface area (Å²) in [6, 6.07) is 10.7. The van der Waals surface area contributed by atoms with Gasteiger partial charge in [-0.1, -0.05) is 12.1 Å². The Labute approximate surface area is 172 Å². The molecule has 29 heavy (non-hydrogen) atoms. The number of fused-ring (bicyclic) bond motifs is 3. The molecule has 0 unspecified atom stereocenters. The minimum absolute atomic E-state index is 0.0516. The number of carbonyl (C=O) groups is 1. The number of hydrogen-bond acceptors (Lipinski definition) is 4. The van der Waals surface area contributed by atoms with Crippen LogP contribution in [0, 0.1) is 5.82 Å². The Hall–Kier alpha value is -2.51. The van der Waals surface area contributed by atoms with Gasteiger partial charge in [-0.05, 0) is 55.6 Å². The molecule has 3 aromatic rings. The molecule has 0 saturated carbocycles. The van der Waals surface area contributed by atoms with Gasteiger partial charge in [0.2, 0.25) is 0 Å². The maximum Gasteiger partial charge on any atom is 0.261 e. The molecule has 0 bridgehead atoms. The number of aromatic nitrogens is 2. The number of piperidine rings is 1. The topological polar surface area (TPSA) is 59.0 Å². The Balaban J connectivity index is 1.39. The predicted molar refractivity (Wildman–Crippen MR) is 112 cm³/mol. The number of nitrogens with zero attached hydrogens (tertiary/aromatic N) is 2. The Morgan fingerprint density at radius 1 is 1.31 bits per heavy atom. The maximum atomic E-state index is 13.7. The SMILES string of the molecule is O=C(N[C@@H]1CNCC[C@H]1c1cccc(F)c1)c1cc2c(s1)CCCn1nccc1-2. The van der Waals surface area contributed by atoms with Crippen molar-refractivity contribution in [3.8, 4) is 11.3 Å². The minimum atomic E-state index is -0.232. The first-order valence-electron chi connectivity index (χ1n) is 10.1. The van der Waals surface area contributed by atoms with Crippen molar-refractivity contribution >= 4 is 17.2 Å². The van der Waals surface area contributed by atoms with Gasteiger partial charge in [0.25, 0.3) is 5.91 Å². The molecule has 0 radical (unpaired) electrons. The van der Waals surface area contributed by atoms with Gasteiger partial charge in [-0.2, -0.15) is 5.10 Å². The van der Waals surface area contributed by atoms with E-state index < -0.39 is 0 Å². The molecule has 2 aliphatic heterocycles. The fourth-order valence-corrected chi connectivity index (χ4v) is 5.57. The Morgan fingerprint density at radius 2 is 2.24 bits per heavy atom. The highest BCUT2D eigenvalue weighted by Gasteiger charge is 2.29. The second-order valence-corrected chi connectivity index (χ2v) is 8.86. The van der Waals surface area contributed by atoms with Gasteiger partial charge in [-0.25, -0.2) is 4.39 Å². The summed E-state index contributed by atoms with van der Waals surface area (Å²) in [6.07, 6.45) is 4.68. The zero-order valence-electron chi connectivity index (χ0n) is 16.0. The second-order valence-electron chi connectivity index (χ2n) is 7.72. The van der Waals surface area contributed by atoms with Gasteiger partial charge in [0.05, 0.1) is 10.6 Å². The van der Waals surface area contributed by atoms with Crippen LogP contribution < -0.4 is 10.6 Å². The highest BCUT2D eigenvalue weighted by molar-refractivity contribution is 7.14. The van der Waals surface area contributed by atoms with E-state index >= 15 is 0 Å². The van der Waals surface area contributed by atoms with Crippen molar-refractivity contribution in [2.45, 2.75) is 37.8 Å². The first kappa shape index (κ1) is 18.5. The van der Waals surface area contributed by atoms with E-state index in [-0.39, 0.29) is 23.7 Å². The van der Waals surface area contributed by atoms with E-state index in [4.69, 9.17) is 0 Å². The molecule has 5 nitrogen and oxygen atoms in total. The molecule has 2 N–H and O–H groups in total. The molecule has 0 aliphatic carbocycles. The van der Waals surface area contributed by atoms with Crippen molar-refractivity contribution in [3.63, 3.8) is 0 Å². The van der Waals surface area contributed by atoms with Crippen LogP contribution in [-0.4, -0.2) is 34.8 Å². The molecule has 1 saturated heterocycles. The number of thiophene rings is 1. The number of rotatable bonds is 3. The van der Waals surface area contributed by atoms with Crippen LogP contribution >= 0.6 is 11.3 Å². The van der Waals surface area contributed by atoms with E-state index in [2.05, 4.69) is 15.7 Å². The zero-order valence-corrected chi connectivity index (χ0v) is 16.8. The van der Waals surface area contributed by atoms with E-state index in [0.717, 1.165) is 54.0 Å². The van der Waals surface area contributed by atoms with Crippen molar-refractivity contribution in [1.29, 1.82) is 0 Å².